The molecular weight excluding hydrogens is 294 g/mol. The van der Waals surface area contributed by atoms with E-state index in [1.807, 2.05) is 37.1 Å². The minimum atomic E-state index is 0.0818. The van der Waals surface area contributed by atoms with Gasteiger partial charge in [-0.3, -0.25) is 9.89 Å². The Bertz CT molecular complexity index is 936. The van der Waals surface area contributed by atoms with Crippen LogP contribution in [0.1, 0.15) is 12.5 Å². The number of aromatic amines is 1. The van der Waals surface area contributed by atoms with Crippen LogP contribution in [0, 0.1) is 0 Å². The molecule has 0 amide bonds. The molecule has 23 heavy (non-hydrogen) atoms. The smallest absolute Gasteiger partial charge is 0.249 e. The second-order valence-electron chi connectivity index (χ2n) is 5.65. The summed E-state index contributed by atoms with van der Waals surface area (Å²) in [4.78, 5) is 14.6. The molecule has 0 bridgehead atoms. The number of anilines is 1. The Morgan fingerprint density at radius 2 is 2.26 bits per heavy atom. The molecule has 1 aromatic carbocycles. The molecule has 0 saturated heterocycles. The standard InChI is InChI=1S/C15H15N7O/c1-9-12(8-22-15(21(9)2)18-19-20-22)14(23)6-10-3-4-13-11(5-10)7-16-17-13/h3-5,7H,6,8H2,1-2H3,(H,16,17). The highest BCUT2D eigenvalue weighted by Crippen LogP contribution is 2.25. The van der Waals surface area contributed by atoms with E-state index >= 15 is 0 Å². The first kappa shape index (κ1) is 13.6. The molecule has 0 spiro atoms. The average molecular weight is 309 g/mol. The van der Waals surface area contributed by atoms with E-state index in [0.29, 0.717) is 18.9 Å². The summed E-state index contributed by atoms with van der Waals surface area (Å²) in [7, 11) is 1.86. The number of hydrogen-bond acceptors (Lipinski definition) is 6. The minimum absolute atomic E-state index is 0.0818. The van der Waals surface area contributed by atoms with Gasteiger partial charge in [0.2, 0.25) is 5.95 Å². The van der Waals surface area contributed by atoms with Gasteiger partial charge in [-0.05, 0) is 35.0 Å². The fourth-order valence-electron chi connectivity index (χ4n) is 2.84. The van der Waals surface area contributed by atoms with Crippen LogP contribution in [0.5, 0.6) is 0 Å². The van der Waals surface area contributed by atoms with Crippen LogP contribution >= 0.6 is 0 Å². The molecule has 4 rings (SSSR count). The monoisotopic (exact) mass is 309 g/mol. The quantitative estimate of drug-likeness (QED) is 0.778. The van der Waals surface area contributed by atoms with Crippen molar-refractivity contribution in [2.45, 2.75) is 19.9 Å². The molecule has 0 unspecified atom stereocenters. The highest BCUT2D eigenvalue weighted by Gasteiger charge is 2.26. The fraction of sp³-hybridized carbons (Fsp3) is 0.267. The summed E-state index contributed by atoms with van der Waals surface area (Å²) in [6.45, 7) is 2.33. The van der Waals surface area contributed by atoms with Gasteiger partial charge < -0.3 is 4.90 Å². The zero-order valence-electron chi connectivity index (χ0n) is 12.8. The Kier molecular flexibility index (Phi) is 2.97. The Labute approximate surface area is 131 Å². The molecule has 0 saturated carbocycles. The summed E-state index contributed by atoms with van der Waals surface area (Å²) >= 11 is 0. The molecule has 1 N–H and O–H groups in total. The maximum absolute atomic E-state index is 12.7. The Morgan fingerprint density at radius 1 is 1.39 bits per heavy atom. The van der Waals surface area contributed by atoms with Gasteiger partial charge in [0.15, 0.2) is 5.78 Å². The summed E-state index contributed by atoms with van der Waals surface area (Å²) in [5, 5.41) is 19.5. The molecule has 0 fully saturated rings. The highest BCUT2D eigenvalue weighted by molar-refractivity contribution is 5.98. The maximum Gasteiger partial charge on any atom is 0.249 e. The second kappa shape index (κ2) is 5.01. The topological polar surface area (TPSA) is 92.6 Å². The zero-order valence-corrected chi connectivity index (χ0v) is 12.8. The molecule has 1 aliphatic rings. The van der Waals surface area contributed by atoms with Crippen molar-refractivity contribution in [2.75, 3.05) is 11.9 Å². The van der Waals surface area contributed by atoms with E-state index in [9.17, 15) is 4.79 Å². The number of tetrazole rings is 1. The number of nitrogens with one attached hydrogen (secondary N) is 1. The summed E-state index contributed by atoms with van der Waals surface area (Å²) in [5.41, 5.74) is 3.56. The van der Waals surface area contributed by atoms with Crippen LogP contribution < -0.4 is 4.90 Å². The van der Waals surface area contributed by atoms with Gasteiger partial charge in [-0.1, -0.05) is 11.2 Å². The van der Waals surface area contributed by atoms with E-state index in [0.717, 1.165) is 27.7 Å². The van der Waals surface area contributed by atoms with E-state index in [-0.39, 0.29) is 5.78 Å². The number of aromatic nitrogens is 6. The first-order valence-corrected chi connectivity index (χ1v) is 7.28. The third-order valence-electron chi connectivity index (χ3n) is 4.27. The van der Waals surface area contributed by atoms with E-state index in [4.69, 9.17) is 0 Å². The SMILES string of the molecule is CC1=C(C(=O)Cc2ccc3[nH]ncc3c2)Cn2nnnc2N1C. The van der Waals surface area contributed by atoms with Crippen molar-refractivity contribution in [1.82, 2.24) is 30.4 Å². The first-order valence-electron chi connectivity index (χ1n) is 7.28. The molecule has 2 aromatic heterocycles. The van der Waals surface area contributed by atoms with Gasteiger partial charge in [0, 0.05) is 30.1 Å². The van der Waals surface area contributed by atoms with Crippen molar-refractivity contribution in [3.8, 4) is 0 Å². The number of nitrogens with zero attached hydrogens (tertiary/aromatic N) is 6. The molecule has 8 heteroatoms. The predicted molar refractivity (Wildman–Crippen MR) is 83.7 cm³/mol. The van der Waals surface area contributed by atoms with Gasteiger partial charge in [-0.25, -0.2) is 4.68 Å². The van der Waals surface area contributed by atoms with Crippen LogP contribution in [-0.2, 0) is 17.8 Å². The average Bonchev–Trinajstić information content (AvgIpc) is 3.18. The number of Topliss-reactive ketones (excluding diaryl/α,β-unsaturated/α-hetero) is 1. The van der Waals surface area contributed by atoms with Gasteiger partial charge >= 0.3 is 0 Å². The molecular formula is C15H15N7O. The van der Waals surface area contributed by atoms with Crippen LogP contribution in [0.25, 0.3) is 10.9 Å². The predicted octanol–water partition coefficient (Wildman–Crippen LogP) is 1.08. The van der Waals surface area contributed by atoms with E-state index in [1.54, 1.807) is 10.9 Å². The summed E-state index contributed by atoms with van der Waals surface area (Å²) < 4.78 is 1.64. The van der Waals surface area contributed by atoms with E-state index in [1.165, 1.54) is 0 Å². The minimum Gasteiger partial charge on any atom is -0.316 e. The lowest BCUT2D eigenvalue weighted by Gasteiger charge is -2.26. The lowest BCUT2D eigenvalue weighted by atomic mass is 9.99. The lowest BCUT2D eigenvalue weighted by Crippen LogP contribution is -2.30. The molecule has 3 heterocycles. The Balaban J connectivity index is 1.62. The fourth-order valence-corrected chi connectivity index (χ4v) is 2.84. The van der Waals surface area contributed by atoms with Gasteiger partial charge in [0.25, 0.3) is 0 Å². The van der Waals surface area contributed by atoms with E-state index < -0.39 is 0 Å². The molecule has 3 aromatic rings. The first-order chi connectivity index (χ1) is 11.1. The van der Waals surface area contributed by atoms with Crippen LogP contribution in [0.2, 0.25) is 0 Å². The lowest BCUT2D eigenvalue weighted by molar-refractivity contribution is -0.115. The Morgan fingerprint density at radius 3 is 3.13 bits per heavy atom. The summed E-state index contributed by atoms with van der Waals surface area (Å²) in [5.74, 6) is 0.734. The summed E-state index contributed by atoms with van der Waals surface area (Å²) in [6, 6.07) is 5.88. The number of allylic oxidation sites excluding steroid dienone is 2. The van der Waals surface area contributed by atoms with Crippen LogP contribution in [0.4, 0.5) is 5.95 Å². The number of rotatable bonds is 3. The van der Waals surface area contributed by atoms with Gasteiger partial charge in [-0.2, -0.15) is 5.10 Å². The van der Waals surface area contributed by atoms with Crippen molar-refractivity contribution in [3.05, 3.63) is 41.2 Å². The molecule has 0 aliphatic carbocycles. The number of benzene rings is 1. The molecule has 116 valence electrons. The summed E-state index contributed by atoms with van der Waals surface area (Å²) in [6.07, 6.45) is 2.11. The van der Waals surface area contributed by atoms with Crippen molar-refractivity contribution in [2.24, 2.45) is 0 Å². The number of hydrogen-bond donors (Lipinski definition) is 1. The van der Waals surface area contributed by atoms with Crippen molar-refractivity contribution < 1.29 is 4.79 Å². The van der Waals surface area contributed by atoms with Crippen molar-refractivity contribution in [3.63, 3.8) is 0 Å². The third kappa shape index (κ3) is 2.19. The van der Waals surface area contributed by atoms with Crippen molar-refractivity contribution >= 4 is 22.6 Å². The third-order valence-corrected chi connectivity index (χ3v) is 4.27. The highest BCUT2D eigenvalue weighted by atomic mass is 16.1. The van der Waals surface area contributed by atoms with E-state index in [2.05, 4.69) is 25.7 Å². The normalized spacial score (nSPS) is 14.4. The number of ketones is 1. The number of carbonyl (C=O) groups excluding carboxylic acids is 1. The van der Waals surface area contributed by atoms with Crippen molar-refractivity contribution in [1.29, 1.82) is 0 Å². The maximum atomic E-state index is 12.7. The second-order valence-corrected chi connectivity index (χ2v) is 5.65. The molecule has 1 aliphatic heterocycles. The molecule has 0 radical (unpaired) electrons. The largest absolute Gasteiger partial charge is 0.316 e. The van der Waals surface area contributed by atoms with Crippen LogP contribution in [0.15, 0.2) is 35.7 Å². The van der Waals surface area contributed by atoms with Gasteiger partial charge in [0.05, 0.1) is 18.3 Å². The molecule has 0 atom stereocenters. The van der Waals surface area contributed by atoms with Crippen LogP contribution in [-0.4, -0.2) is 43.2 Å². The Hall–Kier alpha value is -3.03. The number of H-pyrrole nitrogens is 1. The zero-order chi connectivity index (χ0) is 16.0. The van der Waals surface area contributed by atoms with Gasteiger partial charge in [0.1, 0.15) is 0 Å². The van der Waals surface area contributed by atoms with Gasteiger partial charge in [-0.15, -0.1) is 0 Å². The number of fused-ring (bicyclic) bond motifs is 2. The van der Waals surface area contributed by atoms with Crippen LogP contribution in [0.3, 0.4) is 0 Å². The number of carbonyl (C=O) groups is 1. The molecule has 8 nitrogen and oxygen atoms in total.